The zero-order chi connectivity index (χ0) is 13.8. The third kappa shape index (κ3) is 2.98. The van der Waals surface area contributed by atoms with Crippen molar-refractivity contribution in [1.29, 1.82) is 0 Å². The predicted octanol–water partition coefficient (Wildman–Crippen LogP) is 3.69. The van der Waals surface area contributed by atoms with Gasteiger partial charge >= 0.3 is 0 Å². The lowest BCUT2D eigenvalue weighted by Crippen LogP contribution is -2.04. The van der Waals surface area contributed by atoms with Gasteiger partial charge in [-0.1, -0.05) is 6.07 Å². The highest BCUT2D eigenvalue weighted by Gasteiger charge is 2.12. The van der Waals surface area contributed by atoms with Gasteiger partial charge < -0.3 is 10.6 Å². The Morgan fingerprint density at radius 3 is 2.68 bits per heavy atom. The first kappa shape index (κ1) is 13.7. The van der Waals surface area contributed by atoms with Crippen LogP contribution < -0.4 is 10.6 Å². The second-order valence-electron chi connectivity index (χ2n) is 3.64. The van der Waals surface area contributed by atoms with Crippen LogP contribution >= 0.6 is 15.9 Å². The Morgan fingerprint density at radius 1 is 1.21 bits per heavy atom. The van der Waals surface area contributed by atoms with Crippen molar-refractivity contribution in [3.63, 3.8) is 0 Å². The van der Waals surface area contributed by atoms with E-state index in [0.29, 0.717) is 22.7 Å². The average molecular weight is 329 g/mol. The summed E-state index contributed by atoms with van der Waals surface area (Å²) in [6.45, 7) is 2.61. The minimum Gasteiger partial charge on any atom is -0.369 e. The molecule has 0 saturated heterocycles. The van der Waals surface area contributed by atoms with Crippen molar-refractivity contribution in [3.05, 3.63) is 40.6 Å². The Labute approximate surface area is 117 Å². The Kier molecular flexibility index (Phi) is 4.26. The van der Waals surface area contributed by atoms with Crippen molar-refractivity contribution in [2.75, 3.05) is 17.2 Å². The van der Waals surface area contributed by atoms with E-state index >= 15 is 0 Å². The van der Waals surface area contributed by atoms with E-state index in [0.717, 1.165) is 6.07 Å². The summed E-state index contributed by atoms with van der Waals surface area (Å²) in [5.41, 5.74) is 0.0156. The van der Waals surface area contributed by atoms with Gasteiger partial charge in [0, 0.05) is 6.54 Å². The molecule has 1 aromatic heterocycles. The van der Waals surface area contributed by atoms with Crippen LogP contribution in [0.15, 0.2) is 29.0 Å². The molecule has 0 saturated carbocycles. The normalized spacial score (nSPS) is 10.3. The van der Waals surface area contributed by atoms with E-state index in [4.69, 9.17) is 0 Å². The number of rotatable bonds is 4. The first-order valence-corrected chi connectivity index (χ1v) is 6.38. The second kappa shape index (κ2) is 5.92. The molecule has 1 aromatic carbocycles. The maximum atomic E-state index is 13.6. The van der Waals surface area contributed by atoms with Gasteiger partial charge in [-0.15, -0.1) is 0 Å². The molecule has 0 amide bonds. The van der Waals surface area contributed by atoms with Crippen molar-refractivity contribution in [3.8, 4) is 0 Å². The van der Waals surface area contributed by atoms with Gasteiger partial charge in [0.15, 0.2) is 11.6 Å². The van der Waals surface area contributed by atoms with Gasteiger partial charge in [0.2, 0.25) is 0 Å². The van der Waals surface area contributed by atoms with Crippen LogP contribution in [0.5, 0.6) is 0 Å². The fourth-order valence-corrected chi connectivity index (χ4v) is 1.92. The number of hydrogen-bond acceptors (Lipinski definition) is 4. The molecule has 19 heavy (non-hydrogen) atoms. The minimum absolute atomic E-state index is 0.0156. The molecule has 100 valence electrons. The molecule has 0 radical (unpaired) electrons. The van der Waals surface area contributed by atoms with Crippen LogP contribution in [0.2, 0.25) is 0 Å². The van der Waals surface area contributed by atoms with Gasteiger partial charge in [0.1, 0.15) is 22.4 Å². The third-order valence-corrected chi connectivity index (χ3v) is 3.09. The monoisotopic (exact) mass is 328 g/mol. The van der Waals surface area contributed by atoms with Gasteiger partial charge in [-0.2, -0.15) is 0 Å². The lowest BCUT2D eigenvalue weighted by Gasteiger charge is -2.11. The van der Waals surface area contributed by atoms with E-state index in [-0.39, 0.29) is 5.69 Å². The Balaban J connectivity index is 2.33. The van der Waals surface area contributed by atoms with Crippen molar-refractivity contribution in [1.82, 2.24) is 9.97 Å². The number of benzene rings is 1. The number of nitrogens with one attached hydrogen (secondary N) is 2. The summed E-state index contributed by atoms with van der Waals surface area (Å²) < 4.78 is 27.2. The van der Waals surface area contributed by atoms with E-state index in [1.54, 1.807) is 0 Å². The van der Waals surface area contributed by atoms with E-state index < -0.39 is 11.6 Å². The zero-order valence-electron chi connectivity index (χ0n) is 10.0. The largest absolute Gasteiger partial charge is 0.369 e. The summed E-state index contributed by atoms with van der Waals surface area (Å²) in [7, 11) is 0. The summed E-state index contributed by atoms with van der Waals surface area (Å²) in [4.78, 5) is 8.02. The molecule has 7 heteroatoms. The smallest absolute Gasteiger partial charge is 0.182 e. The first-order chi connectivity index (χ1) is 9.13. The quantitative estimate of drug-likeness (QED) is 0.898. The van der Waals surface area contributed by atoms with Crippen molar-refractivity contribution < 1.29 is 8.78 Å². The molecule has 0 bridgehead atoms. The molecule has 0 fully saturated rings. The van der Waals surface area contributed by atoms with Crippen molar-refractivity contribution >= 4 is 33.3 Å². The predicted molar refractivity (Wildman–Crippen MR) is 73.5 cm³/mol. The van der Waals surface area contributed by atoms with E-state index in [2.05, 4.69) is 36.5 Å². The van der Waals surface area contributed by atoms with Crippen molar-refractivity contribution in [2.24, 2.45) is 0 Å². The number of hydrogen-bond donors (Lipinski definition) is 2. The molecular formula is C12H11BrF2N4. The Morgan fingerprint density at radius 2 is 1.95 bits per heavy atom. The van der Waals surface area contributed by atoms with Crippen LogP contribution in [0.3, 0.4) is 0 Å². The summed E-state index contributed by atoms with van der Waals surface area (Å²) in [6, 6.07) is 3.90. The molecule has 2 rings (SSSR count). The number of aromatic nitrogens is 2. The highest BCUT2D eigenvalue weighted by atomic mass is 79.9. The number of nitrogens with zero attached hydrogens (tertiary/aromatic N) is 2. The van der Waals surface area contributed by atoms with Crippen LogP contribution in [-0.4, -0.2) is 16.5 Å². The summed E-state index contributed by atoms with van der Waals surface area (Å²) in [6.07, 6.45) is 1.34. The Hall–Kier alpha value is -1.76. The molecule has 4 nitrogen and oxygen atoms in total. The highest BCUT2D eigenvalue weighted by molar-refractivity contribution is 9.10. The Bertz CT molecular complexity index is 592. The lowest BCUT2D eigenvalue weighted by atomic mass is 10.3. The van der Waals surface area contributed by atoms with E-state index in [9.17, 15) is 8.78 Å². The van der Waals surface area contributed by atoms with E-state index in [1.807, 2.05) is 6.92 Å². The fourth-order valence-electron chi connectivity index (χ4n) is 1.48. The van der Waals surface area contributed by atoms with Crippen LogP contribution in [0.25, 0.3) is 0 Å². The summed E-state index contributed by atoms with van der Waals surface area (Å²) >= 11 is 3.32. The maximum Gasteiger partial charge on any atom is 0.182 e. The number of anilines is 3. The third-order valence-electron chi connectivity index (χ3n) is 2.34. The minimum atomic E-state index is -0.946. The van der Waals surface area contributed by atoms with Gasteiger partial charge in [0.25, 0.3) is 0 Å². The topological polar surface area (TPSA) is 49.8 Å². The molecule has 2 aromatic rings. The number of halogens is 3. The average Bonchev–Trinajstić information content (AvgIpc) is 2.40. The van der Waals surface area contributed by atoms with Crippen LogP contribution in [0, 0.1) is 11.6 Å². The highest BCUT2D eigenvalue weighted by Crippen LogP contribution is 2.30. The molecule has 0 aliphatic carbocycles. The summed E-state index contributed by atoms with van der Waals surface area (Å²) in [5.74, 6) is -0.924. The van der Waals surface area contributed by atoms with Crippen molar-refractivity contribution in [2.45, 2.75) is 6.92 Å². The molecule has 0 aliphatic heterocycles. The zero-order valence-corrected chi connectivity index (χ0v) is 11.6. The maximum absolute atomic E-state index is 13.6. The SMILES string of the molecule is CCNc1ncnc(Nc2cccc(F)c2F)c1Br. The van der Waals surface area contributed by atoms with Crippen LogP contribution in [0.1, 0.15) is 6.92 Å². The molecular weight excluding hydrogens is 318 g/mol. The molecule has 2 N–H and O–H groups in total. The van der Waals surface area contributed by atoms with Gasteiger partial charge in [0.05, 0.1) is 5.69 Å². The first-order valence-electron chi connectivity index (χ1n) is 5.59. The van der Waals surface area contributed by atoms with Gasteiger partial charge in [-0.25, -0.2) is 18.7 Å². The molecule has 0 atom stereocenters. The summed E-state index contributed by atoms with van der Waals surface area (Å²) in [5, 5.41) is 5.75. The van der Waals surface area contributed by atoms with Gasteiger partial charge in [-0.3, -0.25) is 0 Å². The van der Waals surface area contributed by atoms with Crippen LogP contribution in [-0.2, 0) is 0 Å². The molecule has 0 aliphatic rings. The second-order valence-corrected chi connectivity index (χ2v) is 4.43. The van der Waals surface area contributed by atoms with E-state index in [1.165, 1.54) is 18.5 Å². The lowest BCUT2D eigenvalue weighted by molar-refractivity contribution is 0.511. The van der Waals surface area contributed by atoms with Gasteiger partial charge in [-0.05, 0) is 35.0 Å². The standard InChI is InChI=1S/C12H11BrF2N4/c1-2-16-11-9(13)12(18-6-17-11)19-8-5-3-4-7(14)10(8)15/h3-6H,2H2,1H3,(H2,16,17,18,19). The molecule has 0 spiro atoms. The fraction of sp³-hybridized carbons (Fsp3) is 0.167. The molecule has 0 unspecified atom stereocenters. The molecule has 1 heterocycles. The van der Waals surface area contributed by atoms with Crippen LogP contribution in [0.4, 0.5) is 26.1 Å².